The van der Waals surface area contributed by atoms with Gasteiger partial charge in [-0.25, -0.2) is 0 Å². The van der Waals surface area contributed by atoms with Crippen molar-refractivity contribution in [1.29, 1.82) is 0 Å². The van der Waals surface area contributed by atoms with Gasteiger partial charge < -0.3 is 23.4 Å². The highest BCUT2D eigenvalue weighted by molar-refractivity contribution is 6.29. The minimum Gasteiger partial charge on any atom is -0.455 e. The molecule has 0 atom stereocenters. The summed E-state index contributed by atoms with van der Waals surface area (Å²) in [5, 5.41) is 6.75. The van der Waals surface area contributed by atoms with E-state index in [1.165, 1.54) is 22.3 Å². The van der Waals surface area contributed by atoms with Gasteiger partial charge in [0.05, 0.1) is 32.8 Å². The number of rotatable bonds is 9. The lowest BCUT2D eigenvalue weighted by atomic mass is 9.82. The number of benzene rings is 12. The molecule has 16 rings (SSSR count). The van der Waals surface area contributed by atoms with Gasteiger partial charge in [0, 0.05) is 72.5 Å². The molecule has 0 radical (unpaired) electrons. The monoisotopic (exact) mass is 1020 g/mol. The Morgan fingerprint density at radius 2 is 0.688 bits per heavy atom. The second-order valence-corrected chi connectivity index (χ2v) is 21.7. The summed E-state index contributed by atoms with van der Waals surface area (Å²) in [6, 6.07) is 101. The highest BCUT2D eigenvalue weighted by Gasteiger charge is 2.36. The summed E-state index contributed by atoms with van der Waals surface area (Å²) < 4.78 is 12.1. The zero-order valence-corrected chi connectivity index (χ0v) is 44.3. The maximum atomic E-state index is 7.33. The van der Waals surface area contributed by atoms with Gasteiger partial charge in [0.25, 0.3) is 0 Å². The zero-order valence-electron chi connectivity index (χ0n) is 44.3. The molecule has 0 N–H and O–H groups in total. The van der Waals surface area contributed by atoms with Gasteiger partial charge in [0.1, 0.15) is 11.2 Å². The molecule has 378 valence electrons. The zero-order chi connectivity index (χ0) is 53.1. The van der Waals surface area contributed by atoms with Crippen LogP contribution in [0.2, 0.25) is 0 Å². The molecule has 0 saturated heterocycles. The van der Waals surface area contributed by atoms with Crippen LogP contribution in [-0.2, 0) is 5.41 Å². The lowest BCUT2D eigenvalue weighted by Gasteiger charge is -2.28. The lowest BCUT2D eigenvalue weighted by molar-refractivity contribution is 0.660. The molecule has 3 aromatic heterocycles. The first-order valence-corrected chi connectivity index (χ1v) is 27.6. The summed E-state index contributed by atoms with van der Waals surface area (Å²) in [6.07, 6.45) is 0. The molecule has 12 aromatic carbocycles. The van der Waals surface area contributed by atoms with Crippen molar-refractivity contribution >= 4 is 99.7 Å². The van der Waals surface area contributed by atoms with Crippen molar-refractivity contribution in [3.63, 3.8) is 0 Å². The average Bonchev–Trinajstić information content (AvgIpc) is 4.42. The highest BCUT2D eigenvalue weighted by atomic mass is 16.3. The standard InChI is InChI=1S/C75H52N4O/c1-75(2)65-27-15-12-24-59(65)60-43-42-58(48-66(60)75)77(53-22-10-5-11-23-53)55-38-40-57(41-39-55)79-68-29-17-14-26-64(68)72-70(79)47-45-62-61-44-46-69-71(73(61)80-74(62)72)63-25-13-16-28-67(63)78(69)56-36-32-50(33-37-56)49-30-34-54(35-31-49)76(51-18-6-3-7-19-51)52-20-8-4-9-21-52/h3-48H,1-2H3. The smallest absolute Gasteiger partial charge is 0.145 e. The molecule has 15 aromatic rings. The Morgan fingerprint density at radius 1 is 0.300 bits per heavy atom. The Balaban J connectivity index is 0.775. The minimum atomic E-state index is -0.111. The van der Waals surface area contributed by atoms with Gasteiger partial charge in [-0.15, -0.1) is 0 Å². The van der Waals surface area contributed by atoms with E-state index in [-0.39, 0.29) is 5.41 Å². The Hall–Kier alpha value is -10.4. The molecule has 0 fully saturated rings. The molecule has 0 saturated carbocycles. The summed E-state index contributed by atoms with van der Waals surface area (Å²) in [4.78, 5) is 4.68. The predicted molar refractivity (Wildman–Crippen MR) is 335 cm³/mol. The third-order valence-electron chi connectivity index (χ3n) is 16.9. The molecule has 1 aliphatic rings. The van der Waals surface area contributed by atoms with E-state index >= 15 is 0 Å². The number of hydrogen-bond donors (Lipinski definition) is 0. The average molecular weight is 1030 g/mol. The van der Waals surface area contributed by atoms with Crippen LogP contribution in [0.4, 0.5) is 34.1 Å². The summed E-state index contributed by atoms with van der Waals surface area (Å²) in [7, 11) is 0. The fraction of sp³-hybridized carbons (Fsp3) is 0.0400. The van der Waals surface area contributed by atoms with Gasteiger partial charge in [-0.3, -0.25) is 0 Å². The fourth-order valence-corrected chi connectivity index (χ4v) is 13.2. The van der Waals surface area contributed by atoms with Crippen LogP contribution in [0, 0.1) is 0 Å². The molecular weight excluding hydrogens is 973 g/mol. The summed E-state index contributed by atoms with van der Waals surface area (Å²) in [6.45, 7) is 4.70. The predicted octanol–water partition coefficient (Wildman–Crippen LogP) is 20.7. The summed E-state index contributed by atoms with van der Waals surface area (Å²) in [5.41, 5.74) is 22.7. The van der Waals surface area contributed by atoms with Crippen molar-refractivity contribution in [2.75, 3.05) is 9.80 Å². The molecular formula is C75H52N4O. The Kier molecular flexibility index (Phi) is 10.2. The Labute approximate surface area is 463 Å². The summed E-state index contributed by atoms with van der Waals surface area (Å²) in [5.74, 6) is 0. The van der Waals surface area contributed by atoms with E-state index in [2.05, 4.69) is 312 Å². The molecule has 5 nitrogen and oxygen atoms in total. The van der Waals surface area contributed by atoms with E-state index in [1.807, 2.05) is 0 Å². The van der Waals surface area contributed by atoms with E-state index < -0.39 is 0 Å². The van der Waals surface area contributed by atoms with E-state index in [1.54, 1.807) is 0 Å². The van der Waals surface area contributed by atoms with Crippen LogP contribution in [-0.4, -0.2) is 9.13 Å². The van der Waals surface area contributed by atoms with Crippen LogP contribution in [0.1, 0.15) is 25.0 Å². The Morgan fingerprint density at radius 3 is 1.21 bits per heavy atom. The number of aromatic nitrogens is 2. The number of para-hydroxylation sites is 5. The fourth-order valence-electron chi connectivity index (χ4n) is 13.2. The number of fused-ring (bicyclic) bond motifs is 14. The van der Waals surface area contributed by atoms with Gasteiger partial charge in [0.2, 0.25) is 0 Å². The second-order valence-electron chi connectivity index (χ2n) is 21.7. The van der Waals surface area contributed by atoms with Gasteiger partial charge in [-0.1, -0.05) is 159 Å². The van der Waals surface area contributed by atoms with E-state index in [0.29, 0.717) is 0 Å². The maximum Gasteiger partial charge on any atom is 0.145 e. The normalized spacial score (nSPS) is 12.7. The SMILES string of the molecule is CC1(C)c2ccccc2-c2ccc(N(c3ccccc3)c3ccc(-n4c5ccccc5c5c6oc7c(ccc8c7c7ccccc7n8-c7ccc(-c8ccc(N(c9ccccc9)c9ccccc9)cc8)cc7)c6ccc54)cc3)cc21. The highest BCUT2D eigenvalue weighted by Crippen LogP contribution is 2.51. The van der Waals surface area contributed by atoms with Crippen molar-refractivity contribution in [2.24, 2.45) is 0 Å². The molecule has 1 aliphatic carbocycles. The van der Waals surface area contributed by atoms with Gasteiger partial charge in [0.15, 0.2) is 0 Å². The summed E-state index contributed by atoms with van der Waals surface area (Å²) >= 11 is 0. The number of nitrogens with zero attached hydrogens (tertiary/aromatic N) is 4. The third kappa shape index (κ3) is 6.97. The first-order chi connectivity index (χ1) is 39.5. The molecule has 0 bridgehead atoms. The van der Waals surface area contributed by atoms with Crippen LogP contribution >= 0.6 is 0 Å². The maximum absolute atomic E-state index is 7.33. The molecule has 0 unspecified atom stereocenters. The third-order valence-corrected chi connectivity index (χ3v) is 16.9. The molecule has 5 heteroatoms. The van der Waals surface area contributed by atoms with Crippen LogP contribution in [0.25, 0.3) is 99.2 Å². The number of anilines is 6. The van der Waals surface area contributed by atoms with Gasteiger partial charge in [-0.2, -0.15) is 0 Å². The first kappa shape index (κ1) is 45.8. The Bertz CT molecular complexity index is 4840. The molecule has 0 spiro atoms. The van der Waals surface area contributed by atoms with Crippen LogP contribution in [0.5, 0.6) is 0 Å². The van der Waals surface area contributed by atoms with Crippen molar-refractivity contribution in [1.82, 2.24) is 9.13 Å². The topological polar surface area (TPSA) is 29.5 Å². The van der Waals surface area contributed by atoms with Crippen LogP contribution in [0.3, 0.4) is 0 Å². The molecule has 3 heterocycles. The molecule has 80 heavy (non-hydrogen) atoms. The van der Waals surface area contributed by atoms with Crippen molar-refractivity contribution in [2.45, 2.75) is 19.3 Å². The largest absolute Gasteiger partial charge is 0.455 e. The first-order valence-electron chi connectivity index (χ1n) is 27.6. The second kappa shape index (κ2) is 17.8. The quantitative estimate of drug-likeness (QED) is 0.144. The molecule has 0 aliphatic heterocycles. The number of furan rings is 1. The lowest BCUT2D eigenvalue weighted by Crippen LogP contribution is -2.16. The van der Waals surface area contributed by atoms with Crippen molar-refractivity contribution < 1.29 is 4.42 Å². The van der Waals surface area contributed by atoms with Gasteiger partial charge in [-0.05, 0) is 167 Å². The van der Waals surface area contributed by atoms with E-state index in [0.717, 1.165) is 122 Å². The van der Waals surface area contributed by atoms with E-state index in [4.69, 9.17) is 4.42 Å². The molecule has 0 amide bonds. The van der Waals surface area contributed by atoms with Crippen LogP contribution < -0.4 is 9.80 Å². The van der Waals surface area contributed by atoms with Crippen LogP contribution in [0.15, 0.2) is 283 Å². The van der Waals surface area contributed by atoms with Crippen molar-refractivity contribution in [3.05, 3.63) is 290 Å². The minimum absolute atomic E-state index is 0.111. The van der Waals surface area contributed by atoms with E-state index in [9.17, 15) is 0 Å². The van der Waals surface area contributed by atoms with Crippen molar-refractivity contribution in [3.8, 4) is 33.6 Å². The van der Waals surface area contributed by atoms with Gasteiger partial charge >= 0.3 is 0 Å². The number of hydrogen-bond acceptors (Lipinski definition) is 3.